The molecular formula is C30H31N3O4S. The number of aliphatic imine (C=N–C) groups is 1. The monoisotopic (exact) mass is 529 g/mol. The molecule has 0 atom stereocenters. The van der Waals surface area contributed by atoms with Gasteiger partial charge in [-0.15, -0.1) is 0 Å². The van der Waals surface area contributed by atoms with Crippen LogP contribution in [0.25, 0.3) is 6.08 Å². The second-order valence-electron chi connectivity index (χ2n) is 8.95. The molecule has 3 aromatic carbocycles. The molecule has 0 aliphatic carbocycles. The number of carbonyl (C=O) groups excluding carboxylic acids is 2. The van der Waals surface area contributed by atoms with Crippen LogP contribution in [-0.4, -0.2) is 41.1 Å². The van der Waals surface area contributed by atoms with E-state index in [1.807, 2.05) is 101 Å². The number of hydrogen-bond acceptors (Lipinski definition) is 6. The summed E-state index contributed by atoms with van der Waals surface area (Å²) in [4.78, 5) is 32.6. The van der Waals surface area contributed by atoms with Crippen molar-refractivity contribution < 1.29 is 19.1 Å². The first-order chi connectivity index (χ1) is 18.3. The Bertz CT molecular complexity index is 1350. The summed E-state index contributed by atoms with van der Waals surface area (Å²) in [6.07, 6.45) is 1.83. The summed E-state index contributed by atoms with van der Waals surface area (Å²) in [5.41, 5.74) is 3.44. The van der Waals surface area contributed by atoms with Gasteiger partial charge in [0.25, 0.3) is 11.8 Å². The molecule has 7 nitrogen and oxygen atoms in total. The maximum atomic E-state index is 13.3. The number of hydrogen-bond donors (Lipinski definition) is 1. The average Bonchev–Trinajstić information content (AvgIpc) is 3.20. The van der Waals surface area contributed by atoms with E-state index in [2.05, 4.69) is 5.32 Å². The van der Waals surface area contributed by atoms with Gasteiger partial charge in [-0.3, -0.25) is 14.5 Å². The molecule has 38 heavy (non-hydrogen) atoms. The molecule has 2 amide bonds. The minimum atomic E-state index is -0.271. The highest BCUT2D eigenvalue weighted by molar-refractivity contribution is 8.18. The SMILES string of the molecule is CCOc1cc(/C=C2/SC(=Nc3ccc(C)cc3)N(C(C)C)C2=O)ccc1OCC(=O)Nc1ccccc1. The number of ether oxygens (including phenoxy) is 2. The van der Waals surface area contributed by atoms with E-state index >= 15 is 0 Å². The van der Waals surface area contributed by atoms with Crippen LogP contribution in [0.15, 0.2) is 82.7 Å². The second kappa shape index (κ2) is 12.5. The lowest BCUT2D eigenvalue weighted by Crippen LogP contribution is -2.35. The quantitative estimate of drug-likeness (QED) is 0.324. The third-order valence-electron chi connectivity index (χ3n) is 5.59. The van der Waals surface area contributed by atoms with Gasteiger partial charge in [-0.2, -0.15) is 0 Å². The van der Waals surface area contributed by atoms with Gasteiger partial charge in [0.1, 0.15) is 0 Å². The van der Waals surface area contributed by atoms with E-state index in [4.69, 9.17) is 14.5 Å². The number of amides is 2. The normalized spacial score (nSPS) is 15.4. The summed E-state index contributed by atoms with van der Waals surface area (Å²) >= 11 is 1.35. The minimum absolute atomic E-state index is 0.0399. The zero-order chi connectivity index (χ0) is 27.1. The first-order valence-corrected chi connectivity index (χ1v) is 13.3. The fraction of sp³-hybridized carbons (Fsp3) is 0.233. The van der Waals surface area contributed by atoms with Crippen molar-refractivity contribution in [1.82, 2.24) is 4.90 Å². The Morgan fingerprint density at radius 1 is 1.03 bits per heavy atom. The van der Waals surface area contributed by atoms with Crippen molar-refractivity contribution in [1.29, 1.82) is 0 Å². The molecule has 8 heteroatoms. The molecule has 1 aliphatic rings. The van der Waals surface area contributed by atoms with Gasteiger partial charge in [0, 0.05) is 11.7 Å². The molecule has 0 bridgehead atoms. The van der Waals surface area contributed by atoms with Crippen LogP contribution in [0, 0.1) is 6.92 Å². The van der Waals surface area contributed by atoms with E-state index in [1.54, 1.807) is 11.0 Å². The number of nitrogens with one attached hydrogen (secondary N) is 1. The number of carbonyl (C=O) groups is 2. The number of thioether (sulfide) groups is 1. The lowest BCUT2D eigenvalue weighted by molar-refractivity contribution is -0.123. The summed E-state index contributed by atoms with van der Waals surface area (Å²) in [6, 6.07) is 22.4. The van der Waals surface area contributed by atoms with Crippen molar-refractivity contribution in [2.24, 2.45) is 4.99 Å². The van der Waals surface area contributed by atoms with Gasteiger partial charge >= 0.3 is 0 Å². The number of nitrogens with zero attached hydrogens (tertiary/aromatic N) is 2. The number of benzene rings is 3. The summed E-state index contributed by atoms with van der Waals surface area (Å²) in [7, 11) is 0. The lowest BCUT2D eigenvalue weighted by Gasteiger charge is -2.19. The van der Waals surface area contributed by atoms with Crippen LogP contribution < -0.4 is 14.8 Å². The van der Waals surface area contributed by atoms with Crippen LogP contribution in [0.4, 0.5) is 11.4 Å². The Balaban J connectivity index is 1.52. The van der Waals surface area contributed by atoms with E-state index in [-0.39, 0.29) is 24.5 Å². The molecule has 1 N–H and O–H groups in total. The summed E-state index contributed by atoms with van der Waals surface area (Å²) in [6.45, 7) is 8.11. The third-order valence-corrected chi connectivity index (χ3v) is 6.58. The van der Waals surface area contributed by atoms with Crippen LogP contribution in [-0.2, 0) is 9.59 Å². The van der Waals surface area contributed by atoms with E-state index in [0.717, 1.165) is 16.8 Å². The summed E-state index contributed by atoms with van der Waals surface area (Å²) in [5, 5.41) is 3.44. The van der Waals surface area contributed by atoms with Crippen molar-refractivity contribution in [3.05, 3.63) is 88.8 Å². The predicted octanol–water partition coefficient (Wildman–Crippen LogP) is 6.42. The minimum Gasteiger partial charge on any atom is -0.490 e. The molecule has 0 saturated carbocycles. The number of para-hydroxylation sites is 1. The summed E-state index contributed by atoms with van der Waals surface area (Å²) < 4.78 is 11.5. The van der Waals surface area contributed by atoms with Crippen molar-refractivity contribution in [3.8, 4) is 11.5 Å². The van der Waals surface area contributed by atoms with Crippen molar-refractivity contribution in [2.45, 2.75) is 33.7 Å². The van der Waals surface area contributed by atoms with E-state index in [9.17, 15) is 9.59 Å². The first kappa shape index (κ1) is 27.0. The largest absolute Gasteiger partial charge is 0.490 e. The smallest absolute Gasteiger partial charge is 0.266 e. The van der Waals surface area contributed by atoms with Crippen LogP contribution in [0.5, 0.6) is 11.5 Å². The Labute approximate surface area is 227 Å². The van der Waals surface area contributed by atoms with Crippen LogP contribution in [0.3, 0.4) is 0 Å². The molecule has 3 aromatic rings. The molecule has 4 rings (SSSR count). The molecule has 1 saturated heterocycles. The molecule has 0 unspecified atom stereocenters. The molecular weight excluding hydrogens is 498 g/mol. The maximum absolute atomic E-state index is 13.3. The zero-order valence-electron chi connectivity index (χ0n) is 21.9. The van der Waals surface area contributed by atoms with Gasteiger partial charge in [-0.25, -0.2) is 4.99 Å². The Kier molecular flexibility index (Phi) is 8.86. The lowest BCUT2D eigenvalue weighted by atomic mass is 10.1. The standard InChI is InChI=1S/C30H31N3O4S/c1-5-36-26-17-22(13-16-25(26)37-19-28(34)31-23-9-7-6-8-10-23)18-27-29(35)33(20(2)3)30(38-27)32-24-14-11-21(4)12-15-24/h6-18,20H,5,19H2,1-4H3,(H,31,34)/b27-18+,32-30?. The summed E-state index contributed by atoms with van der Waals surface area (Å²) in [5.74, 6) is 0.589. The number of anilines is 1. The van der Waals surface area contributed by atoms with Crippen molar-refractivity contribution in [2.75, 3.05) is 18.5 Å². The van der Waals surface area contributed by atoms with Gasteiger partial charge in [-0.1, -0.05) is 42.0 Å². The molecule has 0 spiro atoms. The van der Waals surface area contributed by atoms with Gasteiger partial charge in [0.05, 0.1) is 17.2 Å². The third kappa shape index (κ3) is 6.83. The van der Waals surface area contributed by atoms with Crippen molar-refractivity contribution >= 4 is 46.2 Å². The molecule has 1 fully saturated rings. The fourth-order valence-corrected chi connectivity index (χ4v) is 4.89. The van der Waals surface area contributed by atoms with Gasteiger partial charge in [0.15, 0.2) is 23.3 Å². The van der Waals surface area contributed by atoms with E-state index in [0.29, 0.717) is 33.9 Å². The topological polar surface area (TPSA) is 80.2 Å². The van der Waals surface area contributed by atoms with Gasteiger partial charge in [-0.05, 0) is 87.5 Å². The average molecular weight is 530 g/mol. The highest BCUT2D eigenvalue weighted by Crippen LogP contribution is 2.37. The first-order valence-electron chi connectivity index (χ1n) is 12.5. The molecule has 0 aromatic heterocycles. The van der Waals surface area contributed by atoms with Gasteiger partial charge < -0.3 is 14.8 Å². The Morgan fingerprint density at radius 2 is 1.76 bits per heavy atom. The van der Waals surface area contributed by atoms with Crippen LogP contribution in [0.2, 0.25) is 0 Å². The van der Waals surface area contributed by atoms with Gasteiger partial charge in [0.2, 0.25) is 0 Å². The highest BCUT2D eigenvalue weighted by atomic mass is 32.2. The number of rotatable bonds is 9. The molecule has 0 radical (unpaired) electrons. The zero-order valence-corrected chi connectivity index (χ0v) is 22.7. The van der Waals surface area contributed by atoms with E-state index < -0.39 is 0 Å². The fourth-order valence-electron chi connectivity index (χ4n) is 3.76. The highest BCUT2D eigenvalue weighted by Gasteiger charge is 2.35. The molecule has 1 heterocycles. The van der Waals surface area contributed by atoms with E-state index in [1.165, 1.54) is 11.8 Å². The van der Waals surface area contributed by atoms with Crippen molar-refractivity contribution in [3.63, 3.8) is 0 Å². The Hall–Kier alpha value is -4.04. The Morgan fingerprint density at radius 3 is 2.45 bits per heavy atom. The molecule has 196 valence electrons. The number of amidine groups is 1. The number of aryl methyl sites for hydroxylation is 1. The van der Waals surface area contributed by atoms with Crippen LogP contribution in [0.1, 0.15) is 31.9 Å². The van der Waals surface area contributed by atoms with Crippen LogP contribution >= 0.6 is 11.8 Å². The maximum Gasteiger partial charge on any atom is 0.266 e. The second-order valence-corrected chi connectivity index (χ2v) is 9.96. The molecule has 1 aliphatic heterocycles. The predicted molar refractivity (Wildman–Crippen MR) is 154 cm³/mol.